The predicted molar refractivity (Wildman–Crippen MR) is 106 cm³/mol. The highest BCUT2D eigenvalue weighted by Gasteiger charge is 2.41. The fraction of sp³-hybridized carbons (Fsp3) is 0.444. The maximum atomic E-state index is 12.7. The van der Waals surface area contributed by atoms with Crippen molar-refractivity contribution < 1.29 is 24.2 Å². The summed E-state index contributed by atoms with van der Waals surface area (Å²) in [7, 11) is 0. The van der Waals surface area contributed by atoms with Gasteiger partial charge in [-0.15, -0.1) is 0 Å². The number of anilines is 1. The molecule has 2 heterocycles. The number of rotatable bonds is 3. The lowest BCUT2D eigenvalue weighted by Gasteiger charge is -2.36. The first kappa shape index (κ1) is 19.8. The van der Waals surface area contributed by atoms with Crippen molar-refractivity contribution in [3.8, 4) is 0 Å². The summed E-state index contributed by atoms with van der Waals surface area (Å²) in [6.07, 6.45) is 0.176. The van der Waals surface area contributed by atoms with E-state index < -0.39 is 11.2 Å². The number of imide groups is 1. The second kappa shape index (κ2) is 7.95. The summed E-state index contributed by atoms with van der Waals surface area (Å²) in [4.78, 5) is 39.2. The Hall–Kier alpha value is -1.97. The molecule has 9 heteroatoms. The molecule has 1 aromatic carbocycles. The van der Waals surface area contributed by atoms with E-state index in [9.17, 15) is 14.4 Å². The topological polar surface area (TPSA) is 87.2 Å². The summed E-state index contributed by atoms with van der Waals surface area (Å²) in [5.74, 6) is -1.70. The number of carboxylic acid groups (broad SMARTS) is 1. The van der Waals surface area contributed by atoms with Crippen molar-refractivity contribution in [2.24, 2.45) is 0 Å². The first-order valence-electron chi connectivity index (χ1n) is 8.57. The number of benzene rings is 1. The van der Waals surface area contributed by atoms with Crippen LogP contribution in [-0.4, -0.2) is 62.7 Å². The van der Waals surface area contributed by atoms with Gasteiger partial charge >= 0.3 is 5.97 Å². The number of carboxylic acids is 1. The summed E-state index contributed by atoms with van der Waals surface area (Å²) in [6, 6.07) is 5.69. The van der Waals surface area contributed by atoms with Crippen molar-refractivity contribution >= 4 is 51.8 Å². The zero-order valence-corrected chi connectivity index (χ0v) is 16.6. The zero-order chi connectivity index (χ0) is 19.7. The van der Waals surface area contributed by atoms with Gasteiger partial charge in [-0.3, -0.25) is 9.59 Å². The molecule has 0 radical (unpaired) electrons. The van der Waals surface area contributed by atoms with Crippen molar-refractivity contribution in [2.75, 3.05) is 18.0 Å². The number of hydrogen-bond donors (Lipinski definition) is 1. The molecule has 144 valence electrons. The number of carbonyl (C=O) groups excluding carboxylic acids is 2. The molecule has 2 aliphatic rings. The Bertz CT molecular complexity index is 772. The molecule has 0 saturated carbocycles. The van der Waals surface area contributed by atoms with Crippen LogP contribution >= 0.6 is 24.0 Å². The Morgan fingerprint density at radius 1 is 1.19 bits per heavy atom. The van der Waals surface area contributed by atoms with E-state index in [4.69, 9.17) is 22.1 Å². The summed E-state index contributed by atoms with van der Waals surface area (Å²) in [6.45, 7) is 5.27. The molecule has 0 bridgehead atoms. The second-order valence-electron chi connectivity index (χ2n) is 6.66. The highest BCUT2D eigenvalue weighted by Crippen LogP contribution is 2.32. The number of thiocarbonyl (C=S) groups is 1. The summed E-state index contributed by atoms with van der Waals surface area (Å²) in [5, 5.41) is 8.40. The van der Waals surface area contributed by atoms with Gasteiger partial charge in [-0.05, 0) is 38.1 Å². The number of amides is 2. The van der Waals surface area contributed by atoms with Crippen LogP contribution in [0, 0.1) is 0 Å². The number of aromatic carboxylic acids is 1. The number of thioether (sulfide) groups is 1. The summed E-state index contributed by atoms with van der Waals surface area (Å²) >= 11 is 6.73. The van der Waals surface area contributed by atoms with Crippen LogP contribution in [0.3, 0.4) is 0 Å². The van der Waals surface area contributed by atoms with Gasteiger partial charge in [0.2, 0.25) is 11.8 Å². The Kier molecular flexibility index (Phi) is 5.83. The average Bonchev–Trinajstić information content (AvgIpc) is 2.87. The average molecular weight is 409 g/mol. The molecule has 7 nitrogen and oxygen atoms in total. The largest absolute Gasteiger partial charge is 0.478 e. The Morgan fingerprint density at radius 3 is 2.33 bits per heavy atom. The van der Waals surface area contributed by atoms with E-state index in [1.54, 1.807) is 0 Å². The molecule has 0 aliphatic carbocycles. The molecular formula is C18H20N2O5S2. The highest BCUT2D eigenvalue weighted by atomic mass is 32.2. The maximum absolute atomic E-state index is 12.7. The van der Waals surface area contributed by atoms with Gasteiger partial charge in [0, 0.05) is 19.5 Å². The van der Waals surface area contributed by atoms with Crippen LogP contribution in [0.4, 0.5) is 5.69 Å². The normalized spacial score (nSPS) is 25.8. The molecule has 3 atom stereocenters. The lowest BCUT2D eigenvalue weighted by molar-refractivity contribution is -0.121. The molecule has 3 unspecified atom stereocenters. The van der Waals surface area contributed by atoms with Gasteiger partial charge in [0.15, 0.2) is 0 Å². The van der Waals surface area contributed by atoms with E-state index in [-0.39, 0.29) is 36.0 Å². The predicted octanol–water partition coefficient (Wildman–Crippen LogP) is 2.14. The third-order valence-corrected chi connectivity index (χ3v) is 6.06. The standard InChI is InChI=1S/C18H20N2O5S2/c1-10-8-19(9-11(2)25-10)18(26)27-14-7-15(21)20(16(14)22)13-5-3-12(4-6-13)17(23)24/h3-6,10-11,14H,7-9H2,1-2H3,(H,23,24). The third kappa shape index (κ3) is 4.31. The van der Waals surface area contributed by atoms with Crippen molar-refractivity contribution in [3.63, 3.8) is 0 Å². The smallest absolute Gasteiger partial charge is 0.335 e. The number of ether oxygens (including phenoxy) is 1. The summed E-state index contributed by atoms with van der Waals surface area (Å²) in [5.41, 5.74) is 0.471. The zero-order valence-electron chi connectivity index (χ0n) is 15.0. The minimum Gasteiger partial charge on any atom is -0.478 e. The first-order chi connectivity index (χ1) is 12.8. The molecule has 2 amide bonds. The molecule has 27 heavy (non-hydrogen) atoms. The van der Waals surface area contributed by atoms with E-state index in [0.29, 0.717) is 23.1 Å². The molecule has 0 spiro atoms. The van der Waals surface area contributed by atoms with Gasteiger partial charge < -0.3 is 14.7 Å². The third-order valence-electron chi connectivity index (χ3n) is 4.40. The van der Waals surface area contributed by atoms with E-state index in [0.717, 1.165) is 4.90 Å². The molecule has 2 saturated heterocycles. The molecule has 2 aliphatic heterocycles. The Morgan fingerprint density at radius 2 is 1.78 bits per heavy atom. The van der Waals surface area contributed by atoms with Crippen LogP contribution in [0.15, 0.2) is 24.3 Å². The fourth-order valence-corrected chi connectivity index (χ4v) is 4.71. The molecule has 0 aromatic heterocycles. The van der Waals surface area contributed by atoms with Crippen LogP contribution in [0.1, 0.15) is 30.6 Å². The molecule has 2 fully saturated rings. The minimum absolute atomic E-state index is 0.0532. The van der Waals surface area contributed by atoms with Gasteiger partial charge in [-0.2, -0.15) is 0 Å². The van der Waals surface area contributed by atoms with Crippen LogP contribution in [0.2, 0.25) is 0 Å². The van der Waals surface area contributed by atoms with Crippen molar-refractivity contribution in [3.05, 3.63) is 29.8 Å². The van der Waals surface area contributed by atoms with E-state index >= 15 is 0 Å². The van der Waals surface area contributed by atoms with Gasteiger partial charge in [0.1, 0.15) is 9.57 Å². The first-order valence-corrected chi connectivity index (χ1v) is 9.86. The molecule has 1 aromatic rings. The SMILES string of the molecule is CC1CN(C(=S)SC2CC(=O)N(c3ccc(C(=O)O)cc3)C2=O)CC(C)O1. The van der Waals surface area contributed by atoms with Crippen molar-refractivity contribution in [1.82, 2.24) is 4.90 Å². The van der Waals surface area contributed by atoms with Crippen molar-refractivity contribution in [2.45, 2.75) is 37.7 Å². The van der Waals surface area contributed by atoms with Crippen LogP contribution in [0.25, 0.3) is 0 Å². The van der Waals surface area contributed by atoms with Crippen LogP contribution < -0.4 is 4.90 Å². The minimum atomic E-state index is -1.06. The quantitative estimate of drug-likeness (QED) is 0.601. The second-order valence-corrected chi connectivity index (χ2v) is 8.49. The Balaban J connectivity index is 1.68. The number of morpholine rings is 1. The van der Waals surface area contributed by atoms with Crippen molar-refractivity contribution in [1.29, 1.82) is 0 Å². The fourth-order valence-electron chi connectivity index (χ4n) is 3.24. The lowest BCUT2D eigenvalue weighted by atomic mass is 10.2. The van der Waals surface area contributed by atoms with E-state index in [2.05, 4.69) is 0 Å². The number of carbonyl (C=O) groups is 3. The van der Waals surface area contributed by atoms with Gasteiger partial charge in [-0.25, -0.2) is 9.69 Å². The maximum Gasteiger partial charge on any atom is 0.335 e. The van der Waals surface area contributed by atoms with E-state index in [1.807, 2.05) is 18.7 Å². The van der Waals surface area contributed by atoms with Gasteiger partial charge in [0.05, 0.1) is 23.5 Å². The molecule has 3 rings (SSSR count). The van der Waals surface area contributed by atoms with Gasteiger partial charge in [0.25, 0.3) is 0 Å². The van der Waals surface area contributed by atoms with Crippen LogP contribution in [0.5, 0.6) is 0 Å². The monoisotopic (exact) mass is 408 g/mol. The number of nitrogens with zero attached hydrogens (tertiary/aromatic N) is 2. The van der Waals surface area contributed by atoms with Gasteiger partial charge in [-0.1, -0.05) is 24.0 Å². The lowest BCUT2D eigenvalue weighted by Crippen LogP contribution is -2.47. The molecule has 1 N–H and O–H groups in total. The molecular weight excluding hydrogens is 388 g/mol. The summed E-state index contributed by atoms with van der Waals surface area (Å²) < 4.78 is 6.28. The highest BCUT2D eigenvalue weighted by molar-refractivity contribution is 8.23. The van der Waals surface area contributed by atoms with Crippen LogP contribution in [-0.2, 0) is 14.3 Å². The Labute approximate surface area is 166 Å². The number of hydrogen-bond acceptors (Lipinski definition) is 6. The van der Waals surface area contributed by atoms with E-state index in [1.165, 1.54) is 36.0 Å².